The van der Waals surface area contributed by atoms with Crippen molar-refractivity contribution in [3.63, 3.8) is 0 Å². The van der Waals surface area contributed by atoms with Crippen LogP contribution in [0, 0.1) is 0 Å². The molecule has 2 N–H and O–H groups in total. The summed E-state index contributed by atoms with van der Waals surface area (Å²) in [5.74, 6) is -0.142. The van der Waals surface area contributed by atoms with Gasteiger partial charge in [0.15, 0.2) is 6.61 Å². The van der Waals surface area contributed by atoms with E-state index in [0.29, 0.717) is 23.6 Å². The van der Waals surface area contributed by atoms with Crippen molar-refractivity contribution in [2.75, 3.05) is 32.2 Å². The van der Waals surface area contributed by atoms with Crippen LogP contribution in [-0.2, 0) is 14.4 Å². The maximum absolute atomic E-state index is 11.7. The zero-order valence-corrected chi connectivity index (χ0v) is 10.4. The summed E-state index contributed by atoms with van der Waals surface area (Å²) in [7, 11) is 1.54. The van der Waals surface area contributed by atoms with Crippen LogP contribution >= 0.6 is 0 Å². The quantitative estimate of drug-likeness (QED) is 0.592. The number of methoxy groups -OCH3 is 1. The number of hydrogen-bond donors (Lipinski definition) is 2. The van der Waals surface area contributed by atoms with E-state index in [1.807, 2.05) is 0 Å². The number of ether oxygens (including phenoxy) is 2. The van der Waals surface area contributed by atoms with Gasteiger partial charge in [-0.05, 0) is 18.2 Å². The van der Waals surface area contributed by atoms with Gasteiger partial charge in [0.1, 0.15) is 5.75 Å². The maximum Gasteiger partial charge on any atom is 0.274 e. The fourth-order valence-electron chi connectivity index (χ4n) is 1.52. The van der Waals surface area contributed by atoms with E-state index in [9.17, 15) is 9.59 Å². The van der Waals surface area contributed by atoms with Crippen molar-refractivity contribution in [3.8, 4) is 5.75 Å². The van der Waals surface area contributed by atoms with Crippen LogP contribution in [0.5, 0.6) is 5.75 Å². The second kappa shape index (κ2) is 6.17. The molecule has 0 spiro atoms. The van der Waals surface area contributed by atoms with E-state index in [0.717, 1.165) is 0 Å². The molecule has 0 saturated heterocycles. The van der Waals surface area contributed by atoms with E-state index in [1.54, 1.807) is 25.3 Å². The predicted octanol–water partition coefficient (Wildman–Crippen LogP) is 0.325. The van der Waals surface area contributed by atoms with E-state index in [4.69, 9.17) is 14.3 Å². The van der Waals surface area contributed by atoms with Crippen LogP contribution in [0.3, 0.4) is 0 Å². The predicted molar refractivity (Wildman–Crippen MR) is 65.9 cm³/mol. The summed E-state index contributed by atoms with van der Waals surface area (Å²) < 4.78 is 9.99. The van der Waals surface area contributed by atoms with E-state index < -0.39 is 0 Å². The molecular weight excluding hydrogens is 252 g/mol. The molecule has 0 aliphatic carbocycles. The van der Waals surface area contributed by atoms with E-state index in [1.165, 1.54) is 0 Å². The van der Waals surface area contributed by atoms with Gasteiger partial charge in [0.05, 0.1) is 18.9 Å². The topological polar surface area (TPSA) is 85.9 Å². The van der Waals surface area contributed by atoms with Crippen molar-refractivity contribution in [2.45, 2.75) is 0 Å². The number of carbonyl (C=O) groups excluding carboxylic acids is 2. The smallest absolute Gasteiger partial charge is 0.274 e. The molecule has 0 bridgehead atoms. The number of rotatable bonds is 5. The summed E-state index contributed by atoms with van der Waals surface area (Å²) in [5.41, 5.74) is 3.22. The summed E-state index contributed by atoms with van der Waals surface area (Å²) in [5, 5.41) is 2.64. The molecule has 102 valence electrons. The number of hydroxylamine groups is 1. The van der Waals surface area contributed by atoms with Crippen LogP contribution in [-0.4, -0.2) is 38.7 Å². The number of nitrogens with one attached hydrogen (secondary N) is 2. The minimum Gasteiger partial charge on any atom is -0.482 e. The third kappa shape index (κ3) is 3.43. The second-order valence-corrected chi connectivity index (χ2v) is 3.82. The standard InChI is InChI=1S/C12H14N2O5/c1-17-4-5-19-14-12(16)8-2-3-9-10(6-8)18-7-11(15)13-9/h2-3,6H,4-5,7H2,1H3,(H,13,15)(H,14,16). The highest BCUT2D eigenvalue weighted by Gasteiger charge is 2.17. The third-order valence-electron chi connectivity index (χ3n) is 2.43. The minimum atomic E-state index is -0.389. The normalized spacial score (nSPS) is 13.2. The van der Waals surface area contributed by atoms with Gasteiger partial charge in [0.25, 0.3) is 11.8 Å². The second-order valence-electron chi connectivity index (χ2n) is 3.82. The van der Waals surface area contributed by atoms with Gasteiger partial charge < -0.3 is 14.8 Å². The first-order chi connectivity index (χ1) is 9.20. The first-order valence-corrected chi connectivity index (χ1v) is 5.68. The van der Waals surface area contributed by atoms with Gasteiger partial charge in [-0.2, -0.15) is 0 Å². The molecule has 1 heterocycles. The number of carbonyl (C=O) groups is 2. The van der Waals surface area contributed by atoms with Gasteiger partial charge >= 0.3 is 0 Å². The van der Waals surface area contributed by atoms with Crippen molar-refractivity contribution < 1.29 is 23.9 Å². The molecule has 0 fully saturated rings. The monoisotopic (exact) mass is 266 g/mol. The SMILES string of the molecule is COCCONC(=O)c1ccc2c(c1)OCC(=O)N2. The molecular formula is C12H14N2O5. The summed E-state index contributed by atoms with van der Waals surface area (Å²) in [6.07, 6.45) is 0. The highest BCUT2D eigenvalue weighted by Crippen LogP contribution is 2.28. The van der Waals surface area contributed by atoms with Gasteiger partial charge in [-0.1, -0.05) is 0 Å². The van der Waals surface area contributed by atoms with Gasteiger partial charge in [0, 0.05) is 12.7 Å². The van der Waals surface area contributed by atoms with Gasteiger partial charge in [-0.15, -0.1) is 0 Å². The fraction of sp³-hybridized carbons (Fsp3) is 0.333. The Morgan fingerprint density at radius 2 is 2.32 bits per heavy atom. The third-order valence-corrected chi connectivity index (χ3v) is 2.43. The molecule has 1 aliphatic rings. The first-order valence-electron chi connectivity index (χ1n) is 5.68. The van der Waals surface area contributed by atoms with Crippen LogP contribution in [0.1, 0.15) is 10.4 Å². The first kappa shape index (κ1) is 13.3. The Hall–Kier alpha value is -2.12. The van der Waals surface area contributed by atoms with Crippen molar-refractivity contribution in [3.05, 3.63) is 23.8 Å². The summed E-state index contributed by atoms with van der Waals surface area (Å²) in [6.45, 7) is 0.599. The number of fused-ring (bicyclic) bond motifs is 1. The molecule has 0 radical (unpaired) electrons. The van der Waals surface area contributed by atoms with Crippen LogP contribution in [0.15, 0.2) is 18.2 Å². The average molecular weight is 266 g/mol. The Kier molecular flexibility index (Phi) is 4.32. The van der Waals surface area contributed by atoms with Crippen LogP contribution < -0.4 is 15.5 Å². The van der Waals surface area contributed by atoms with E-state index in [2.05, 4.69) is 10.8 Å². The number of benzene rings is 1. The molecule has 0 saturated carbocycles. The lowest BCUT2D eigenvalue weighted by atomic mass is 10.1. The van der Waals surface area contributed by atoms with Crippen molar-refractivity contribution in [2.24, 2.45) is 0 Å². The zero-order valence-electron chi connectivity index (χ0n) is 10.4. The minimum absolute atomic E-state index is 0.0532. The molecule has 2 rings (SSSR count). The number of amides is 2. The van der Waals surface area contributed by atoms with Crippen LogP contribution in [0.4, 0.5) is 5.69 Å². The molecule has 19 heavy (non-hydrogen) atoms. The average Bonchev–Trinajstić information content (AvgIpc) is 2.42. The maximum atomic E-state index is 11.7. The largest absolute Gasteiger partial charge is 0.482 e. The molecule has 0 aromatic heterocycles. The van der Waals surface area contributed by atoms with E-state index in [-0.39, 0.29) is 25.0 Å². The van der Waals surface area contributed by atoms with Crippen molar-refractivity contribution >= 4 is 17.5 Å². The summed E-state index contributed by atoms with van der Waals surface area (Å²) >= 11 is 0. The Labute approximate surface area is 109 Å². The summed E-state index contributed by atoms with van der Waals surface area (Å²) in [6, 6.07) is 4.73. The van der Waals surface area contributed by atoms with Crippen LogP contribution in [0.2, 0.25) is 0 Å². The molecule has 1 aromatic rings. The molecule has 1 aromatic carbocycles. The lowest BCUT2D eigenvalue weighted by Crippen LogP contribution is -2.27. The summed E-state index contributed by atoms with van der Waals surface area (Å²) in [4.78, 5) is 27.8. The number of anilines is 1. The van der Waals surface area contributed by atoms with Crippen molar-refractivity contribution in [1.82, 2.24) is 5.48 Å². The van der Waals surface area contributed by atoms with Gasteiger partial charge in [-0.3, -0.25) is 14.4 Å². The zero-order chi connectivity index (χ0) is 13.7. The molecule has 0 atom stereocenters. The van der Waals surface area contributed by atoms with Crippen molar-refractivity contribution in [1.29, 1.82) is 0 Å². The lowest BCUT2D eigenvalue weighted by molar-refractivity contribution is -0.118. The van der Waals surface area contributed by atoms with E-state index >= 15 is 0 Å². The molecule has 7 nitrogen and oxygen atoms in total. The van der Waals surface area contributed by atoms with Gasteiger partial charge in [-0.25, -0.2) is 5.48 Å². The Bertz CT molecular complexity index is 489. The Morgan fingerprint density at radius 3 is 3.11 bits per heavy atom. The van der Waals surface area contributed by atoms with Gasteiger partial charge in [0.2, 0.25) is 0 Å². The fourth-order valence-corrected chi connectivity index (χ4v) is 1.52. The molecule has 0 unspecified atom stereocenters. The highest BCUT2D eigenvalue weighted by molar-refractivity contribution is 5.98. The highest BCUT2D eigenvalue weighted by atomic mass is 16.7. The molecule has 7 heteroatoms. The Morgan fingerprint density at radius 1 is 1.47 bits per heavy atom. The number of hydrogen-bond acceptors (Lipinski definition) is 5. The van der Waals surface area contributed by atoms with Crippen LogP contribution in [0.25, 0.3) is 0 Å². The Balaban J connectivity index is 1.97. The molecule has 1 aliphatic heterocycles. The lowest BCUT2D eigenvalue weighted by Gasteiger charge is -2.18. The molecule has 2 amide bonds.